The molecule has 5 N–H and O–H groups in total. The lowest BCUT2D eigenvalue weighted by Gasteiger charge is -2.17. The van der Waals surface area contributed by atoms with Gasteiger partial charge in [-0.05, 0) is 93.2 Å². The van der Waals surface area contributed by atoms with Crippen LogP contribution in [0.2, 0.25) is 0 Å². The molecule has 0 unspecified atom stereocenters. The lowest BCUT2D eigenvalue weighted by molar-refractivity contribution is 0.464. The highest BCUT2D eigenvalue weighted by Crippen LogP contribution is 2.38. The van der Waals surface area contributed by atoms with Crippen molar-refractivity contribution < 1.29 is 25.5 Å². The predicted octanol–water partition coefficient (Wildman–Crippen LogP) is 6.14. The van der Waals surface area contributed by atoms with Crippen LogP contribution in [0.4, 0.5) is 0 Å². The minimum atomic E-state index is 0.133. The average molecular weight is 479 g/mol. The van der Waals surface area contributed by atoms with Crippen molar-refractivity contribution in [2.75, 3.05) is 0 Å². The Kier molecular flexibility index (Phi) is 6.13. The first-order valence-corrected chi connectivity index (χ1v) is 11.7. The largest absolute Gasteiger partial charge is 0.508 e. The van der Waals surface area contributed by atoms with Gasteiger partial charge >= 0.3 is 0 Å². The van der Waals surface area contributed by atoms with Crippen molar-refractivity contribution in [2.24, 2.45) is 0 Å². The molecule has 36 heavy (non-hydrogen) atoms. The van der Waals surface area contributed by atoms with Gasteiger partial charge < -0.3 is 25.5 Å². The van der Waals surface area contributed by atoms with E-state index in [-0.39, 0.29) is 28.7 Å². The molecule has 0 saturated heterocycles. The normalized spacial score (nSPS) is 11.1. The molecule has 5 nitrogen and oxygen atoms in total. The molecule has 0 amide bonds. The number of phenolic OH excluding ortho intramolecular Hbond substituents is 5. The highest BCUT2D eigenvalue weighted by atomic mass is 16.3. The molecule has 0 bridgehead atoms. The molecule has 5 heteroatoms. The van der Waals surface area contributed by atoms with Gasteiger partial charge in [0.1, 0.15) is 28.7 Å². The zero-order valence-corrected chi connectivity index (χ0v) is 19.5. The summed E-state index contributed by atoms with van der Waals surface area (Å²) >= 11 is 0. The number of hydrogen-bond donors (Lipinski definition) is 5. The molecule has 0 fully saturated rings. The number of fused-ring (bicyclic) bond motifs is 1. The van der Waals surface area contributed by atoms with Crippen LogP contribution in [-0.2, 0) is 19.3 Å². The van der Waals surface area contributed by atoms with E-state index in [1.165, 1.54) is 0 Å². The zero-order valence-electron chi connectivity index (χ0n) is 19.5. The fourth-order valence-electron chi connectivity index (χ4n) is 4.55. The summed E-state index contributed by atoms with van der Waals surface area (Å²) in [5, 5.41) is 52.7. The molecule has 5 aromatic carbocycles. The Balaban J connectivity index is 1.62. The van der Waals surface area contributed by atoms with E-state index in [1.54, 1.807) is 42.5 Å². The number of phenols is 5. The number of hydrogen-bond acceptors (Lipinski definition) is 5. The lowest BCUT2D eigenvalue weighted by Crippen LogP contribution is -1.98. The summed E-state index contributed by atoms with van der Waals surface area (Å²) in [6.07, 6.45) is 1.38. The van der Waals surface area contributed by atoms with Crippen molar-refractivity contribution in [1.82, 2.24) is 0 Å². The first-order valence-electron chi connectivity index (χ1n) is 11.7. The minimum absolute atomic E-state index is 0.133. The lowest BCUT2D eigenvalue weighted by atomic mass is 9.90. The zero-order chi connectivity index (χ0) is 25.2. The van der Waals surface area contributed by atoms with E-state index in [2.05, 4.69) is 0 Å². The maximum Gasteiger partial charge on any atom is 0.123 e. The van der Waals surface area contributed by atoms with Crippen molar-refractivity contribution in [3.63, 3.8) is 0 Å². The van der Waals surface area contributed by atoms with Crippen LogP contribution in [0, 0.1) is 0 Å². The number of aromatic hydroxyl groups is 5. The smallest absolute Gasteiger partial charge is 0.123 e. The van der Waals surface area contributed by atoms with Crippen LogP contribution >= 0.6 is 0 Å². The van der Waals surface area contributed by atoms with E-state index in [0.717, 1.165) is 38.6 Å². The molecule has 5 rings (SSSR count). The van der Waals surface area contributed by atoms with Gasteiger partial charge in [0.2, 0.25) is 0 Å². The molecule has 5 aromatic rings. The first kappa shape index (κ1) is 23.1. The van der Waals surface area contributed by atoms with Gasteiger partial charge in [-0.15, -0.1) is 0 Å². The molecular formula is C31H26O5. The summed E-state index contributed by atoms with van der Waals surface area (Å²) in [6, 6.07) is 26.2. The minimum Gasteiger partial charge on any atom is -0.508 e. The van der Waals surface area contributed by atoms with Crippen LogP contribution in [0.5, 0.6) is 28.7 Å². The quantitative estimate of drug-likeness (QED) is 0.202. The molecule has 0 aliphatic carbocycles. The topological polar surface area (TPSA) is 101 Å². The van der Waals surface area contributed by atoms with Crippen molar-refractivity contribution in [2.45, 2.75) is 19.3 Å². The summed E-state index contributed by atoms with van der Waals surface area (Å²) in [5.41, 5.74) is 4.99. The van der Waals surface area contributed by atoms with Crippen molar-refractivity contribution in [3.05, 3.63) is 124 Å². The van der Waals surface area contributed by atoms with Gasteiger partial charge in [0.25, 0.3) is 0 Å². The number of benzene rings is 5. The third-order valence-electron chi connectivity index (χ3n) is 6.47. The summed E-state index contributed by atoms with van der Waals surface area (Å²) in [6.45, 7) is 0. The summed E-state index contributed by atoms with van der Waals surface area (Å²) in [4.78, 5) is 0. The molecule has 0 atom stereocenters. The van der Waals surface area contributed by atoms with E-state index in [1.807, 2.05) is 48.5 Å². The van der Waals surface area contributed by atoms with Gasteiger partial charge in [-0.2, -0.15) is 0 Å². The maximum atomic E-state index is 11.3. The van der Waals surface area contributed by atoms with Crippen molar-refractivity contribution in [1.29, 1.82) is 0 Å². The summed E-state index contributed by atoms with van der Waals surface area (Å²) < 4.78 is 0. The fourth-order valence-corrected chi connectivity index (χ4v) is 4.55. The molecule has 0 radical (unpaired) electrons. The Bertz CT molecular complexity index is 1510. The van der Waals surface area contributed by atoms with E-state index in [9.17, 15) is 25.5 Å². The predicted molar refractivity (Wildman–Crippen MR) is 140 cm³/mol. The molecule has 0 saturated carbocycles. The van der Waals surface area contributed by atoms with E-state index >= 15 is 0 Å². The molecule has 180 valence electrons. The highest BCUT2D eigenvalue weighted by Gasteiger charge is 2.17. The van der Waals surface area contributed by atoms with E-state index in [4.69, 9.17) is 0 Å². The standard InChI is InChI=1S/C31H26O5/c32-25-7-1-19(2-8-25)13-23-16-22-17-24(14-20-3-9-26(33)10-4-20)31(36)29(28(22)18-30(23)35)15-21-5-11-27(34)12-6-21/h1-12,16-18,32-36H,13-15H2. The third kappa shape index (κ3) is 4.91. The van der Waals surface area contributed by atoms with Crippen molar-refractivity contribution in [3.8, 4) is 28.7 Å². The SMILES string of the molecule is Oc1ccc(Cc2cc3cc(Cc4ccc(O)cc4)c(O)c(Cc4ccc(O)cc4)c3cc2O)cc1. The second-order valence-electron chi connectivity index (χ2n) is 9.09. The Hall–Kier alpha value is -4.64. The van der Waals surface area contributed by atoms with Crippen LogP contribution in [0.15, 0.2) is 91.0 Å². The van der Waals surface area contributed by atoms with Gasteiger partial charge in [0, 0.05) is 24.8 Å². The molecule has 0 aliphatic rings. The van der Waals surface area contributed by atoms with Gasteiger partial charge in [-0.3, -0.25) is 0 Å². The van der Waals surface area contributed by atoms with Crippen LogP contribution < -0.4 is 0 Å². The van der Waals surface area contributed by atoms with Crippen LogP contribution in [-0.4, -0.2) is 25.5 Å². The third-order valence-corrected chi connectivity index (χ3v) is 6.47. The van der Waals surface area contributed by atoms with Crippen molar-refractivity contribution >= 4 is 10.8 Å². The summed E-state index contributed by atoms with van der Waals surface area (Å²) in [5.74, 6) is 0.839. The maximum absolute atomic E-state index is 11.3. The van der Waals surface area contributed by atoms with Gasteiger partial charge in [0.15, 0.2) is 0 Å². The van der Waals surface area contributed by atoms with Gasteiger partial charge in [-0.1, -0.05) is 36.4 Å². The number of rotatable bonds is 6. The second kappa shape index (κ2) is 9.55. The van der Waals surface area contributed by atoms with Crippen LogP contribution in [0.25, 0.3) is 10.8 Å². The molecule has 0 spiro atoms. The monoisotopic (exact) mass is 478 g/mol. The summed E-state index contributed by atoms with van der Waals surface area (Å²) in [7, 11) is 0. The molecule has 0 heterocycles. The average Bonchev–Trinajstić information content (AvgIpc) is 2.87. The molecular weight excluding hydrogens is 452 g/mol. The van der Waals surface area contributed by atoms with E-state index in [0.29, 0.717) is 24.8 Å². The Morgan fingerprint density at radius 1 is 0.444 bits per heavy atom. The molecule has 0 aliphatic heterocycles. The van der Waals surface area contributed by atoms with Gasteiger partial charge in [-0.25, -0.2) is 0 Å². The Morgan fingerprint density at radius 2 is 0.861 bits per heavy atom. The first-order chi connectivity index (χ1) is 17.4. The van der Waals surface area contributed by atoms with Crippen LogP contribution in [0.1, 0.15) is 33.4 Å². The van der Waals surface area contributed by atoms with E-state index < -0.39 is 0 Å². The van der Waals surface area contributed by atoms with Gasteiger partial charge in [0.05, 0.1) is 0 Å². The Morgan fingerprint density at radius 3 is 1.36 bits per heavy atom. The fraction of sp³-hybridized carbons (Fsp3) is 0.0968. The highest BCUT2D eigenvalue weighted by molar-refractivity contribution is 5.91. The second-order valence-corrected chi connectivity index (χ2v) is 9.09. The van der Waals surface area contributed by atoms with Crippen LogP contribution in [0.3, 0.4) is 0 Å². The Labute approximate surface area is 208 Å². The molecule has 0 aromatic heterocycles.